The van der Waals surface area contributed by atoms with Gasteiger partial charge in [0.2, 0.25) is 0 Å². The molecule has 0 aromatic carbocycles. The summed E-state index contributed by atoms with van der Waals surface area (Å²) in [5.41, 5.74) is 3.52. The van der Waals surface area contributed by atoms with Gasteiger partial charge in [0.1, 0.15) is 17.5 Å². The minimum atomic E-state index is 0.320. The lowest BCUT2D eigenvalue weighted by molar-refractivity contribution is 0.135. The molecule has 0 bridgehead atoms. The van der Waals surface area contributed by atoms with Gasteiger partial charge in [0, 0.05) is 30.6 Å². The normalized spacial score (nSPS) is 23.3. The number of aromatic nitrogens is 2. The zero-order valence-electron chi connectivity index (χ0n) is 14.0. The Balaban J connectivity index is 2.21. The maximum absolute atomic E-state index is 4.67. The van der Waals surface area contributed by atoms with E-state index in [-0.39, 0.29) is 0 Å². The highest BCUT2D eigenvalue weighted by Gasteiger charge is 2.25. The Bertz CT molecular complexity index is 450. The smallest absolute Gasteiger partial charge is 0.146 e. The van der Waals surface area contributed by atoms with Crippen molar-refractivity contribution in [1.29, 1.82) is 0 Å². The average molecular weight is 291 g/mol. The standard InChI is InChI=1S/C16H29N5/c1-6-17-14-10-15(19-16(18-14)11(2)3)20-21-12(4)8-7-9-13(21)5/h10-13H,6-9H2,1-5H3,(H2,17,18,19,20). The molecule has 118 valence electrons. The van der Waals surface area contributed by atoms with Gasteiger partial charge in [-0.25, -0.2) is 15.0 Å². The lowest BCUT2D eigenvalue weighted by Crippen LogP contribution is -2.47. The van der Waals surface area contributed by atoms with E-state index in [9.17, 15) is 0 Å². The van der Waals surface area contributed by atoms with Crippen molar-refractivity contribution < 1.29 is 0 Å². The van der Waals surface area contributed by atoms with Crippen LogP contribution in [0.25, 0.3) is 0 Å². The Morgan fingerprint density at radius 1 is 1.19 bits per heavy atom. The van der Waals surface area contributed by atoms with Crippen LogP contribution in [-0.2, 0) is 0 Å². The number of hydrogen-bond acceptors (Lipinski definition) is 5. The third-order valence-electron chi connectivity index (χ3n) is 4.05. The summed E-state index contributed by atoms with van der Waals surface area (Å²) in [4.78, 5) is 9.25. The van der Waals surface area contributed by atoms with Crippen molar-refractivity contribution in [3.63, 3.8) is 0 Å². The number of hydrogen-bond donors (Lipinski definition) is 2. The first-order valence-electron chi connectivity index (χ1n) is 8.19. The summed E-state index contributed by atoms with van der Waals surface area (Å²) >= 11 is 0. The van der Waals surface area contributed by atoms with E-state index in [2.05, 4.69) is 60.3 Å². The second-order valence-electron chi connectivity index (χ2n) is 6.33. The molecule has 5 heteroatoms. The minimum Gasteiger partial charge on any atom is -0.370 e. The summed E-state index contributed by atoms with van der Waals surface area (Å²) in [5, 5.41) is 5.63. The SMILES string of the molecule is CCNc1cc(NN2C(C)CCCC2C)nc(C(C)C)n1. The number of anilines is 2. The molecule has 0 aliphatic carbocycles. The molecule has 21 heavy (non-hydrogen) atoms. The summed E-state index contributed by atoms with van der Waals surface area (Å²) in [6.45, 7) is 11.8. The Kier molecular flexibility index (Phi) is 5.39. The van der Waals surface area contributed by atoms with Crippen molar-refractivity contribution in [2.24, 2.45) is 0 Å². The van der Waals surface area contributed by atoms with E-state index in [0.717, 1.165) is 24.0 Å². The Morgan fingerprint density at radius 2 is 1.81 bits per heavy atom. The highest BCUT2D eigenvalue weighted by Crippen LogP contribution is 2.24. The van der Waals surface area contributed by atoms with E-state index >= 15 is 0 Å². The van der Waals surface area contributed by atoms with Gasteiger partial charge in [0.25, 0.3) is 0 Å². The molecule has 0 spiro atoms. The molecule has 1 aliphatic rings. The van der Waals surface area contributed by atoms with Gasteiger partial charge < -0.3 is 10.7 Å². The number of hydrazine groups is 1. The first kappa shape index (κ1) is 16.0. The van der Waals surface area contributed by atoms with E-state index in [0.29, 0.717) is 18.0 Å². The molecule has 2 rings (SSSR count). The van der Waals surface area contributed by atoms with Crippen molar-refractivity contribution in [3.8, 4) is 0 Å². The fourth-order valence-electron chi connectivity index (χ4n) is 2.83. The van der Waals surface area contributed by atoms with Crippen LogP contribution in [0.5, 0.6) is 0 Å². The fourth-order valence-corrected chi connectivity index (χ4v) is 2.83. The van der Waals surface area contributed by atoms with Crippen molar-refractivity contribution in [2.45, 2.75) is 71.9 Å². The monoisotopic (exact) mass is 291 g/mol. The molecule has 2 N–H and O–H groups in total. The van der Waals surface area contributed by atoms with Crippen LogP contribution >= 0.6 is 0 Å². The molecule has 1 fully saturated rings. The molecule has 0 saturated carbocycles. The van der Waals surface area contributed by atoms with Crippen molar-refractivity contribution in [2.75, 3.05) is 17.3 Å². The summed E-state index contributed by atoms with van der Waals surface area (Å²) in [7, 11) is 0. The Morgan fingerprint density at radius 3 is 2.38 bits per heavy atom. The number of nitrogens with one attached hydrogen (secondary N) is 2. The Labute approximate surface area is 128 Å². The molecule has 5 nitrogen and oxygen atoms in total. The van der Waals surface area contributed by atoms with Gasteiger partial charge in [0.05, 0.1) is 0 Å². The van der Waals surface area contributed by atoms with E-state index in [1.807, 2.05) is 6.07 Å². The van der Waals surface area contributed by atoms with Crippen LogP contribution < -0.4 is 10.7 Å². The maximum Gasteiger partial charge on any atom is 0.146 e. The number of piperidine rings is 1. The minimum absolute atomic E-state index is 0.320. The van der Waals surface area contributed by atoms with Gasteiger partial charge in [-0.3, -0.25) is 0 Å². The third kappa shape index (κ3) is 4.06. The van der Waals surface area contributed by atoms with Crippen LogP contribution in [0.1, 0.15) is 65.6 Å². The molecule has 1 aromatic rings. The topological polar surface area (TPSA) is 53.1 Å². The van der Waals surface area contributed by atoms with Gasteiger partial charge in [-0.15, -0.1) is 0 Å². The highest BCUT2D eigenvalue weighted by atomic mass is 15.5. The molecular weight excluding hydrogens is 262 g/mol. The van der Waals surface area contributed by atoms with Crippen LogP contribution in [0, 0.1) is 0 Å². The summed E-state index contributed by atoms with van der Waals surface area (Å²) < 4.78 is 0. The zero-order chi connectivity index (χ0) is 15.4. The summed E-state index contributed by atoms with van der Waals surface area (Å²) in [6.07, 6.45) is 3.78. The highest BCUT2D eigenvalue weighted by molar-refractivity contribution is 5.47. The van der Waals surface area contributed by atoms with Crippen LogP contribution in [0.3, 0.4) is 0 Å². The molecule has 1 aromatic heterocycles. The molecule has 1 aliphatic heterocycles. The summed E-state index contributed by atoms with van der Waals surface area (Å²) in [6, 6.07) is 3.08. The van der Waals surface area contributed by atoms with Gasteiger partial charge in [-0.05, 0) is 33.6 Å². The quantitative estimate of drug-likeness (QED) is 0.867. The van der Waals surface area contributed by atoms with Gasteiger partial charge in [-0.1, -0.05) is 20.3 Å². The predicted molar refractivity (Wildman–Crippen MR) is 88.5 cm³/mol. The van der Waals surface area contributed by atoms with E-state index < -0.39 is 0 Å². The second kappa shape index (κ2) is 7.07. The molecule has 0 amide bonds. The number of nitrogens with zero attached hydrogens (tertiary/aromatic N) is 3. The molecular formula is C16H29N5. The van der Waals surface area contributed by atoms with Crippen molar-refractivity contribution in [1.82, 2.24) is 15.0 Å². The van der Waals surface area contributed by atoms with E-state index in [1.54, 1.807) is 0 Å². The van der Waals surface area contributed by atoms with E-state index in [4.69, 9.17) is 0 Å². The predicted octanol–water partition coefficient (Wildman–Crippen LogP) is 3.62. The fraction of sp³-hybridized carbons (Fsp3) is 0.750. The Hall–Kier alpha value is -1.36. The molecule has 2 heterocycles. The third-order valence-corrected chi connectivity index (χ3v) is 4.05. The molecule has 0 radical (unpaired) electrons. The van der Waals surface area contributed by atoms with Gasteiger partial charge in [0.15, 0.2) is 0 Å². The zero-order valence-corrected chi connectivity index (χ0v) is 14.0. The molecule has 2 unspecified atom stereocenters. The first-order chi connectivity index (χ1) is 10.0. The lowest BCUT2D eigenvalue weighted by atomic mass is 10.00. The maximum atomic E-state index is 4.67. The van der Waals surface area contributed by atoms with Crippen LogP contribution in [-0.4, -0.2) is 33.6 Å². The van der Waals surface area contributed by atoms with Crippen molar-refractivity contribution >= 4 is 11.6 Å². The average Bonchev–Trinajstić information content (AvgIpc) is 2.43. The van der Waals surface area contributed by atoms with Crippen LogP contribution in [0.15, 0.2) is 6.07 Å². The van der Waals surface area contributed by atoms with Gasteiger partial charge in [-0.2, -0.15) is 0 Å². The number of rotatable bonds is 5. The summed E-state index contributed by atoms with van der Waals surface area (Å²) in [5.74, 6) is 3.00. The van der Waals surface area contributed by atoms with Gasteiger partial charge >= 0.3 is 0 Å². The van der Waals surface area contributed by atoms with Crippen LogP contribution in [0.4, 0.5) is 11.6 Å². The largest absolute Gasteiger partial charge is 0.370 e. The first-order valence-corrected chi connectivity index (χ1v) is 8.19. The lowest BCUT2D eigenvalue weighted by Gasteiger charge is -2.39. The molecule has 2 atom stereocenters. The van der Waals surface area contributed by atoms with E-state index in [1.165, 1.54) is 19.3 Å². The van der Waals surface area contributed by atoms with Crippen molar-refractivity contribution in [3.05, 3.63) is 11.9 Å². The molecule has 1 saturated heterocycles. The second-order valence-corrected chi connectivity index (χ2v) is 6.33. The van der Waals surface area contributed by atoms with Crippen LogP contribution in [0.2, 0.25) is 0 Å².